The Balaban J connectivity index is 0.00000264. The maximum atomic E-state index is 11.9. The van der Waals surface area contributed by atoms with Crippen LogP contribution in [0.4, 0.5) is 10.5 Å². The van der Waals surface area contributed by atoms with Crippen molar-refractivity contribution in [1.29, 1.82) is 0 Å². The van der Waals surface area contributed by atoms with E-state index in [0.29, 0.717) is 11.7 Å². The minimum Gasteiger partial charge on any atom is -0.314 e. The van der Waals surface area contributed by atoms with Crippen LogP contribution in [0.2, 0.25) is 0 Å². The molecule has 128 valence electrons. The monoisotopic (exact) mass is 340 g/mol. The number of nitrogens with one attached hydrogen (secondary N) is 3. The Morgan fingerprint density at radius 1 is 1.30 bits per heavy atom. The molecule has 6 nitrogen and oxygen atoms in total. The van der Waals surface area contributed by atoms with Gasteiger partial charge >= 0.3 is 6.03 Å². The first-order valence-corrected chi connectivity index (χ1v) is 7.58. The van der Waals surface area contributed by atoms with Crippen LogP contribution in [0.25, 0.3) is 0 Å². The molecule has 1 aromatic rings. The number of halogens is 1. The van der Waals surface area contributed by atoms with Crippen molar-refractivity contribution in [3.8, 4) is 0 Å². The Hall–Kier alpha value is -1.63. The zero-order valence-electron chi connectivity index (χ0n) is 13.8. The lowest BCUT2D eigenvalue weighted by Gasteiger charge is -2.33. The number of benzene rings is 1. The number of anilines is 1. The molecule has 0 saturated carbocycles. The van der Waals surface area contributed by atoms with E-state index in [1.54, 1.807) is 0 Å². The van der Waals surface area contributed by atoms with Gasteiger partial charge in [0.05, 0.1) is 6.54 Å². The zero-order valence-corrected chi connectivity index (χ0v) is 14.6. The molecule has 1 aliphatic rings. The lowest BCUT2D eigenvalue weighted by atomic mass is 10.1. The second kappa shape index (κ2) is 8.86. The number of rotatable bonds is 3. The maximum absolute atomic E-state index is 11.9. The quantitative estimate of drug-likeness (QED) is 0.782. The van der Waals surface area contributed by atoms with Crippen molar-refractivity contribution in [1.82, 2.24) is 15.5 Å². The summed E-state index contributed by atoms with van der Waals surface area (Å²) in [6.45, 7) is 8.84. The minimum atomic E-state index is -0.490. The zero-order chi connectivity index (χ0) is 16.1. The molecule has 0 aromatic heterocycles. The van der Waals surface area contributed by atoms with Crippen LogP contribution in [0.15, 0.2) is 18.2 Å². The van der Waals surface area contributed by atoms with Gasteiger partial charge in [-0.3, -0.25) is 15.0 Å². The number of aryl methyl sites for hydroxylation is 2. The van der Waals surface area contributed by atoms with Crippen LogP contribution < -0.4 is 16.0 Å². The highest BCUT2D eigenvalue weighted by Gasteiger charge is 2.21. The molecule has 7 heteroatoms. The van der Waals surface area contributed by atoms with Gasteiger partial charge in [-0.1, -0.05) is 6.07 Å². The minimum absolute atomic E-state index is 0. The molecule has 1 fully saturated rings. The number of amides is 3. The highest BCUT2D eigenvalue weighted by atomic mass is 35.5. The number of piperazine rings is 1. The van der Waals surface area contributed by atoms with Gasteiger partial charge in [0.15, 0.2) is 0 Å². The molecule has 1 saturated heterocycles. The number of urea groups is 1. The van der Waals surface area contributed by atoms with Gasteiger partial charge in [0.1, 0.15) is 0 Å². The summed E-state index contributed by atoms with van der Waals surface area (Å²) in [5, 5.41) is 8.34. The van der Waals surface area contributed by atoms with Gasteiger partial charge < -0.3 is 10.6 Å². The SMILES string of the molecule is Cc1ccc(NC(=O)NC(=O)CN2CCNC[C@@H]2C)cc1C.Cl. The first kappa shape index (κ1) is 19.4. The van der Waals surface area contributed by atoms with E-state index >= 15 is 0 Å². The summed E-state index contributed by atoms with van der Waals surface area (Å²) in [6, 6.07) is 5.45. The molecule has 0 aliphatic carbocycles. The number of imide groups is 1. The van der Waals surface area contributed by atoms with E-state index in [-0.39, 0.29) is 24.9 Å². The number of hydrogen-bond donors (Lipinski definition) is 3. The van der Waals surface area contributed by atoms with E-state index in [9.17, 15) is 9.59 Å². The van der Waals surface area contributed by atoms with E-state index in [4.69, 9.17) is 0 Å². The van der Waals surface area contributed by atoms with Crippen LogP contribution in [0, 0.1) is 13.8 Å². The summed E-state index contributed by atoms with van der Waals surface area (Å²) in [5.74, 6) is -0.282. The van der Waals surface area contributed by atoms with Gasteiger partial charge in [-0.2, -0.15) is 0 Å². The normalized spacial score (nSPS) is 18.0. The van der Waals surface area contributed by atoms with Crippen molar-refractivity contribution in [3.63, 3.8) is 0 Å². The number of nitrogens with zero attached hydrogens (tertiary/aromatic N) is 1. The average molecular weight is 341 g/mol. The maximum Gasteiger partial charge on any atom is 0.325 e. The fourth-order valence-electron chi connectivity index (χ4n) is 2.45. The Kier molecular flexibility index (Phi) is 7.48. The molecule has 3 amide bonds. The van der Waals surface area contributed by atoms with Gasteiger partial charge in [0.25, 0.3) is 0 Å². The molecule has 0 radical (unpaired) electrons. The van der Waals surface area contributed by atoms with E-state index in [0.717, 1.165) is 30.8 Å². The third kappa shape index (κ3) is 5.82. The first-order chi connectivity index (χ1) is 10.5. The summed E-state index contributed by atoms with van der Waals surface area (Å²) in [7, 11) is 0. The molecule has 1 aromatic carbocycles. The molecule has 3 N–H and O–H groups in total. The van der Waals surface area contributed by atoms with Crippen LogP contribution in [0.1, 0.15) is 18.1 Å². The lowest BCUT2D eigenvalue weighted by Crippen LogP contribution is -2.53. The Labute approximate surface area is 143 Å². The fourth-order valence-corrected chi connectivity index (χ4v) is 2.45. The van der Waals surface area contributed by atoms with Crippen LogP contribution in [0.3, 0.4) is 0 Å². The summed E-state index contributed by atoms with van der Waals surface area (Å²) in [5.41, 5.74) is 2.94. The van der Waals surface area contributed by atoms with Gasteiger partial charge in [-0.25, -0.2) is 4.79 Å². The molecule has 1 aliphatic heterocycles. The van der Waals surface area contributed by atoms with Crippen molar-refractivity contribution in [3.05, 3.63) is 29.3 Å². The number of carbonyl (C=O) groups excluding carboxylic acids is 2. The van der Waals surface area contributed by atoms with Crippen LogP contribution in [-0.2, 0) is 4.79 Å². The lowest BCUT2D eigenvalue weighted by molar-refractivity contribution is -0.121. The smallest absolute Gasteiger partial charge is 0.314 e. The molecular weight excluding hydrogens is 316 g/mol. The topological polar surface area (TPSA) is 73.5 Å². The van der Waals surface area contributed by atoms with Crippen LogP contribution >= 0.6 is 12.4 Å². The first-order valence-electron chi connectivity index (χ1n) is 7.58. The largest absolute Gasteiger partial charge is 0.325 e. The second-order valence-electron chi connectivity index (χ2n) is 5.82. The predicted octanol–water partition coefficient (Wildman–Crippen LogP) is 1.67. The summed E-state index contributed by atoms with van der Waals surface area (Å²) in [6.07, 6.45) is 0. The molecule has 0 unspecified atom stereocenters. The van der Waals surface area contributed by atoms with Crippen molar-refractivity contribution >= 4 is 30.0 Å². The highest BCUT2D eigenvalue weighted by molar-refractivity contribution is 6.01. The Morgan fingerprint density at radius 2 is 2.04 bits per heavy atom. The van der Waals surface area contributed by atoms with Crippen LogP contribution in [0.5, 0.6) is 0 Å². The standard InChI is InChI=1S/C16H24N4O2.ClH/c1-11-4-5-14(8-12(11)2)18-16(22)19-15(21)10-20-7-6-17-9-13(20)3;/h4-5,8,13,17H,6-7,9-10H2,1-3H3,(H2,18,19,21,22);1H/t13-;/m0./s1. The third-order valence-corrected chi connectivity index (χ3v) is 4.00. The van der Waals surface area contributed by atoms with Gasteiger partial charge in [-0.05, 0) is 44.0 Å². The van der Waals surface area contributed by atoms with Crippen molar-refractivity contribution in [2.24, 2.45) is 0 Å². The summed E-state index contributed by atoms with van der Waals surface area (Å²) >= 11 is 0. The predicted molar refractivity (Wildman–Crippen MR) is 94.2 cm³/mol. The van der Waals surface area contributed by atoms with Crippen molar-refractivity contribution in [2.45, 2.75) is 26.8 Å². The van der Waals surface area contributed by atoms with E-state index in [1.165, 1.54) is 0 Å². The average Bonchev–Trinajstić information content (AvgIpc) is 2.45. The molecule has 1 atom stereocenters. The fraction of sp³-hybridized carbons (Fsp3) is 0.500. The van der Waals surface area contributed by atoms with Gasteiger partial charge in [0.2, 0.25) is 5.91 Å². The molecule has 1 heterocycles. The molecule has 23 heavy (non-hydrogen) atoms. The Bertz CT molecular complexity index is 565. The van der Waals surface area contributed by atoms with Gasteiger partial charge in [-0.15, -0.1) is 12.4 Å². The number of carbonyl (C=O) groups is 2. The third-order valence-electron chi connectivity index (χ3n) is 4.00. The van der Waals surface area contributed by atoms with E-state index in [1.807, 2.05) is 32.0 Å². The van der Waals surface area contributed by atoms with Gasteiger partial charge in [0, 0.05) is 31.4 Å². The second-order valence-corrected chi connectivity index (χ2v) is 5.82. The van der Waals surface area contributed by atoms with E-state index in [2.05, 4.69) is 27.8 Å². The number of hydrogen-bond acceptors (Lipinski definition) is 4. The summed E-state index contributed by atoms with van der Waals surface area (Å²) < 4.78 is 0. The highest BCUT2D eigenvalue weighted by Crippen LogP contribution is 2.13. The molecule has 2 rings (SSSR count). The summed E-state index contributed by atoms with van der Waals surface area (Å²) in [4.78, 5) is 25.9. The molecule has 0 bridgehead atoms. The molecule has 0 spiro atoms. The van der Waals surface area contributed by atoms with E-state index < -0.39 is 6.03 Å². The van der Waals surface area contributed by atoms with Crippen molar-refractivity contribution < 1.29 is 9.59 Å². The van der Waals surface area contributed by atoms with Crippen molar-refractivity contribution in [2.75, 3.05) is 31.5 Å². The molecular formula is C16H25ClN4O2. The Morgan fingerprint density at radius 3 is 2.70 bits per heavy atom. The van der Waals surface area contributed by atoms with Crippen LogP contribution in [-0.4, -0.2) is 49.1 Å².